The van der Waals surface area contributed by atoms with Crippen LogP contribution in [0.3, 0.4) is 0 Å². The van der Waals surface area contributed by atoms with E-state index in [2.05, 4.69) is 11.9 Å². The van der Waals surface area contributed by atoms with Crippen LogP contribution >= 0.6 is 11.6 Å². The van der Waals surface area contributed by atoms with Gasteiger partial charge in [-0.1, -0.05) is 24.1 Å². The van der Waals surface area contributed by atoms with Crippen molar-refractivity contribution in [3.8, 4) is 0 Å². The second-order valence-electron chi connectivity index (χ2n) is 4.54. The predicted octanol–water partition coefficient (Wildman–Crippen LogP) is 3.23. The third-order valence-corrected chi connectivity index (χ3v) is 3.66. The monoisotopic (exact) mass is 254 g/mol. The Morgan fingerprint density at radius 2 is 2.24 bits per heavy atom. The Morgan fingerprint density at radius 1 is 1.53 bits per heavy atom. The first kappa shape index (κ1) is 12.3. The molecule has 1 saturated carbocycles. The highest BCUT2D eigenvalue weighted by atomic mass is 35.5. The van der Waals surface area contributed by atoms with Gasteiger partial charge in [-0.05, 0) is 31.5 Å². The molecule has 0 unspecified atom stereocenters. The highest BCUT2D eigenvalue weighted by Gasteiger charge is 2.22. The van der Waals surface area contributed by atoms with Crippen LogP contribution in [0.5, 0.6) is 0 Å². The second-order valence-corrected chi connectivity index (χ2v) is 4.95. The first-order valence-electron chi connectivity index (χ1n) is 5.71. The van der Waals surface area contributed by atoms with Gasteiger partial charge in [0.25, 0.3) is 5.69 Å². The fourth-order valence-electron chi connectivity index (χ4n) is 2.04. The van der Waals surface area contributed by atoms with Gasteiger partial charge in [-0.3, -0.25) is 15.0 Å². The summed E-state index contributed by atoms with van der Waals surface area (Å²) in [6, 6.07) is 5.65. The number of nitro benzene ring substituents is 1. The first-order valence-corrected chi connectivity index (χ1v) is 6.09. The van der Waals surface area contributed by atoms with Gasteiger partial charge in [0.1, 0.15) is 5.02 Å². The lowest BCUT2D eigenvalue weighted by molar-refractivity contribution is -0.384. The molecule has 0 spiro atoms. The molecule has 1 aliphatic carbocycles. The molecule has 0 atom stereocenters. The third-order valence-electron chi connectivity index (χ3n) is 3.34. The topological polar surface area (TPSA) is 46.4 Å². The van der Waals surface area contributed by atoms with Crippen molar-refractivity contribution in [1.29, 1.82) is 0 Å². The number of benzene rings is 1. The maximum Gasteiger partial charge on any atom is 0.288 e. The largest absolute Gasteiger partial charge is 0.299 e. The van der Waals surface area contributed by atoms with E-state index in [1.54, 1.807) is 12.1 Å². The highest BCUT2D eigenvalue weighted by Crippen LogP contribution is 2.28. The Kier molecular flexibility index (Phi) is 3.64. The van der Waals surface area contributed by atoms with Crippen molar-refractivity contribution < 1.29 is 4.92 Å². The van der Waals surface area contributed by atoms with Crippen LogP contribution in [0.25, 0.3) is 0 Å². The number of halogens is 1. The summed E-state index contributed by atoms with van der Waals surface area (Å²) in [6.45, 7) is 0.739. The smallest absolute Gasteiger partial charge is 0.288 e. The molecule has 0 aliphatic heterocycles. The van der Waals surface area contributed by atoms with Gasteiger partial charge in [0, 0.05) is 18.7 Å². The van der Waals surface area contributed by atoms with Crippen LogP contribution in [0, 0.1) is 10.1 Å². The summed E-state index contributed by atoms with van der Waals surface area (Å²) in [6.07, 6.45) is 3.74. The first-order chi connectivity index (χ1) is 8.08. The zero-order valence-electron chi connectivity index (χ0n) is 9.73. The number of rotatable bonds is 4. The number of nitrogens with zero attached hydrogens (tertiary/aromatic N) is 2. The minimum atomic E-state index is -0.435. The number of nitro groups is 1. The van der Waals surface area contributed by atoms with E-state index >= 15 is 0 Å². The normalized spacial score (nSPS) is 15.9. The molecule has 0 aromatic heterocycles. The molecule has 0 saturated heterocycles. The molecular weight excluding hydrogens is 240 g/mol. The Morgan fingerprint density at radius 3 is 2.76 bits per heavy atom. The van der Waals surface area contributed by atoms with E-state index in [9.17, 15) is 10.1 Å². The predicted molar refractivity (Wildman–Crippen MR) is 67.2 cm³/mol. The van der Waals surface area contributed by atoms with Gasteiger partial charge in [0.05, 0.1) is 4.92 Å². The average molecular weight is 255 g/mol. The molecule has 0 heterocycles. The number of hydrogen-bond acceptors (Lipinski definition) is 3. The van der Waals surface area contributed by atoms with Crippen LogP contribution in [0.2, 0.25) is 5.02 Å². The van der Waals surface area contributed by atoms with Crippen molar-refractivity contribution >= 4 is 17.3 Å². The zero-order valence-corrected chi connectivity index (χ0v) is 10.5. The van der Waals surface area contributed by atoms with E-state index in [0.29, 0.717) is 6.04 Å². The molecule has 2 rings (SSSR count). The van der Waals surface area contributed by atoms with Crippen LogP contribution in [-0.2, 0) is 6.54 Å². The lowest BCUT2D eigenvalue weighted by Crippen LogP contribution is -2.36. The van der Waals surface area contributed by atoms with Crippen LogP contribution in [-0.4, -0.2) is 22.9 Å². The van der Waals surface area contributed by atoms with E-state index in [-0.39, 0.29) is 10.7 Å². The molecule has 92 valence electrons. The average Bonchev–Trinajstić information content (AvgIpc) is 2.17. The van der Waals surface area contributed by atoms with Crippen molar-refractivity contribution in [2.24, 2.45) is 0 Å². The highest BCUT2D eigenvalue weighted by molar-refractivity contribution is 6.32. The van der Waals surface area contributed by atoms with E-state index in [1.807, 2.05) is 6.07 Å². The standard InChI is InChI=1S/C12H15ClN2O2/c1-14(10-3-2-4-10)8-9-5-6-11(13)12(7-9)15(16)17/h5-7,10H,2-4,8H2,1H3. The molecule has 0 amide bonds. The lowest BCUT2D eigenvalue weighted by atomic mass is 9.91. The summed E-state index contributed by atoms with van der Waals surface area (Å²) in [7, 11) is 2.06. The van der Waals surface area contributed by atoms with Gasteiger partial charge >= 0.3 is 0 Å². The van der Waals surface area contributed by atoms with Crippen molar-refractivity contribution in [1.82, 2.24) is 4.90 Å². The Hall–Kier alpha value is -1.13. The molecule has 0 N–H and O–H groups in total. The minimum absolute atomic E-state index is 0.00817. The van der Waals surface area contributed by atoms with Gasteiger partial charge in [0.15, 0.2) is 0 Å². The molecule has 1 aromatic carbocycles. The molecule has 0 radical (unpaired) electrons. The summed E-state index contributed by atoms with van der Waals surface area (Å²) in [4.78, 5) is 12.6. The Bertz CT molecular complexity index is 433. The Balaban J connectivity index is 2.10. The summed E-state index contributed by atoms with van der Waals surface area (Å²) in [5.74, 6) is 0. The lowest BCUT2D eigenvalue weighted by Gasteiger charge is -2.34. The molecule has 17 heavy (non-hydrogen) atoms. The number of hydrogen-bond donors (Lipinski definition) is 0. The molecule has 1 aliphatic rings. The van der Waals surface area contributed by atoms with E-state index in [4.69, 9.17) is 11.6 Å². The second kappa shape index (κ2) is 5.02. The van der Waals surface area contributed by atoms with E-state index < -0.39 is 4.92 Å². The van der Waals surface area contributed by atoms with Crippen LogP contribution in [0.15, 0.2) is 18.2 Å². The zero-order chi connectivity index (χ0) is 12.4. The molecular formula is C12H15ClN2O2. The van der Waals surface area contributed by atoms with Gasteiger partial charge in [-0.25, -0.2) is 0 Å². The molecule has 0 bridgehead atoms. The maximum atomic E-state index is 10.8. The molecule has 4 nitrogen and oxygen atoms in total. The minimum Gasteiger partial charge on any atom is -0.299 e. The van der Waals surface area contributed by atoms with Crippen molar-refractivity contribution in [2.75, 3.05) is 7.05 Å². The van der Waals surface area contributed by atoms with Crippen molar-refractivity contribution in [3.05, 3.63) is 38.9 Å². The fraction of sp³-hybridized carbons (Fsp3) is 0.500. The van der Waals surface area contributed by atoms with Gasteiger partial charge in [-0.2, -0.15) is 0 Å². The fourth-order valence-corrected chi connectivity index (χ4v) is 2.23. The van der Waals surface area contributed by atoms with Gasteiger partial charge in [-0.15, -0.1) is 0 Å². The molecule has 1 aromatic rings. The van der Waals surface area contributed by atoms with Gasteiger partial charge < -0.3 is 0 Å². The summed E-state index contributed by atoms with van der Waals surface area (Å²) in [5, 5.41) is 11.0. The van der Waals surface area contributed by atoms with E-state index in [0.717, 1.165) is 12.1 Å². The summed E-state index contributed by atoms with van der Waals surface area (Å²) < 4.78 is 0. The van der Waals surface area contributed by atoms with Crippen LogP contribution in [0.4, 0.5) is 5.69 Å². The SMILES string of the molecule is CN(Cc1ccc(Cl)c([N+](=O)[O-])c1)C1CCC1. The molecule has 1 fully saturated rings. The third kappa shape index (κ3) is 2.76. The Labute approximate surface area is 105 Å². The van der Waals surface area contributed by atoms with Crippen LogP contribution < -0.4 is 0 Å². The van der Waals surface area contributed by atoms with Gasteiger partial charge in [0.2, 0.25) is 0 Å². The quantitative estimate of drug-likeness (QED) is 0.612. The van der Waals surface area contributed by atoms with E-state index in [1.165, 1.54) is 19.3 Å². The van der Waals surface area contributed by atoms with Crippen LogP contribution in [0.1, 0.15) is 24.8 Å². The van der Waals surface area contributed by atoms with Crippen molar-refractivity contribution in [2.45, 2.75) is 31.8 Å². The molecule has 5 heteroatoms. The summed E-state index contributed by atoms with van der Waals surface area (Å²) in [5.41, 5.74) is 0.932. The summed E-state index contributed by atoms with van der Waals surface area (Å²) >= 11 is 5.77. The maximum absolute atomic E-state index is 10.8. The van der Waals surface area contributed by atoms with Crippen molar-refractivity contribution in [3.63, 3.8) is 0 Å².